The Bertz CT molecular complexity index is 316. The van der Waals surface area contributed by atoms with Gasteiger partial charge in [0.05, 0.1) is 0 Å². The summed E-state index contributed by atoms with van der Waals surface area (Å²) in [5.41, 5.74) is 9.54. The Morgan fingerprint density at radius 1 is 1.40 bits per heavy atom. The number of rotatable bonds is 5. The van der Waals surface area contributed by atoms with Gasteiger partial charge in [0.2, 0.25) is 0 Å². The lowest BCUT2D eigenvalue weighted by molar-refractivity contribution is 0.809. The second kappa shape index (κ2) is 5.99. The van der Waals surface area contributed by atoms with Gasteiger partial charge >= 0.3 is 0 Å². The fourth-order valence-electron chi connectivity index (χ4n) is 1.40. The van der Waals surface area contributed by atoms with Crippen LogP contribution in [0.25, 0.3) is 5.57 Å². The third kappa shape index (κ3) is 3.73. The third-order valence-electron chi connectivity index (χ3n) is 2.50. The Kier molecular flexibility index (Phi) is 4.92. The van der Waals surface area contributed by atoms with Crippen molar-refractivity contribution in [2.24, 2.45) is 5.73 Å². The predicted molar refractivity (Wildman–Crippen MR) is 71.2 cm³/mol. The van der Waals surface area contributed by atoms with E-state index in [9.17, 15) is 0 Å². The molecule has 1 nitrogen and oxygen atoms in total. The Morgan fingerprint density at radius 2 is 2.00 bits per heavy atom. The van der Waals surface area contributed by atoms with Crippen LogP contribution in [0, 0.1) is 6.92 Å². The number of aryl methyl sites for hydroxylation is 1. The molecule has 2 heteroatoms. The summed E-state index contributed by atoms with van der Waals surface area (Å²) < 4.78 is 0. The first-order chi connectivity index (χ1) is 7.15. The average molecular weight is 221 g/mol. The van der Waals surface area contributed by atoms with Gasteiger partial charge in [0, 0.05) is 6.04 Å². The summed E-state index contributed by atoms with van der Waals surface area (Å²) in [6.07, 6.45) is 3.09. The lowest BCUT2D eigenvalue weighted by Crippen LogP contribution is -2.21. The molecule has 15 heavy (non-hydrogen) atoms. The van der Waals surface area contributed by atoms with Gasteiger partial charge in [-0.2, -0.15) is 11.8 Å². The van der Waals surface area contributed by atoms with E-state index < -0.39 is 0 Å². The van der Waals surface area contributed by atoms with Crippen molar-refractivity contribution in [2.45, 2.75) is 19.4 Å². The first-order valence-corrected chi connectivity index (χ1v) is 6.55. The molecule has 0 aromatic heterocycles. The fraction of sp³-hybridized carbons (Fsp3) is 0.385. The minimum absolute atomic E-state index is 0.0835. The van der Waals surface area contributed by atoms with Crippen LogP contribution < -0.4 is 5.73 Å². The molecule has 1 atom stereocenters. The van der Waals surface area contributed by atoms with Gasteiger partial charge in [0.25, 0.3) is 0 Å². The van der Waals surface area contributed by atoms with Crippen LogP contribution in [-0.4, -0.2) is 18.1 Å². The van der Waals surface area contributed by atoms with Crippen molar-refractivity contribution in [2.75, 3.05) is 12.0 Å². The zero-order chi connectivity index (χ0) is 11.3. The number of thioether (sulfide) groups is 1. The Morgan fingerprint density at radius 3 is 2.53 bits per heavy atom. The van der Waals surface area contributed by atoms with Crippen LogP contribution in [-0.2, 0) is 0 Å². The van der Waals surface area contributed by atoms with Crippen molar-refractivity contribution in [3.05, 3.63) is 42.0 Å². The molecule has 0 aliphatic rings. The smallest absolute Gasteiger partial charge is 0.0302 e. The highest BCUT2D eigenvalue weighted by Gasteiger charge is 2.08. The van der Waals surface area contributed by atoms with Gasteiger partial charge in [-0.25, -0.2) is 0 Å². The molecule has 0 aliphatic heterocycles. The molecule has 0 heterocycles. The SMILES string of the molecule is C=C(c1ccc(C)cc1)[C@@H](N)CCSC. The van der Waals surface area contributed by atoms with Crippen molar-refractivity contribution in [1.82, 2.24) is 0 Å². The Balaban J connectivity index is 2.63. The van der Waals surface area contributed by atoms with Crippen molar-refractivity contribution in [3.8, 4) is 0 Å². The molecular weight excluding hydrogens is 202 g/mol. The summed E-state index contributed by atoms with van der Waals surface area (Å²) in [5, 5.41) is 0. The van der Waals surface area contributed by atoms with Gasteiger partial charge in [-0.15, -0.1) is 0 Å². The lowest BCUT2D eigenvalue weighted by atomic mass is 9.98. The van der Waals surface area contributed by atoms with Gasteiger partial charge in [0.1, 0.15) is 0 Å². The minimum atomic E-state index is 0.0835. The summed E-state index contributed by atoms with van der Waals surface area (Å²) in [5.74, 6) is 1.09. The van der Waals surface area contributed by atoms with E-state index in [-0.39, 0.29) is 6.04 Å². The van der Waals surface area contributed by atoms with Crippen LogP contribution in [0.5, 0.6) is 0 Å². The van der Waals surface area contributed by atoms with Crippen LogP contribution in [0.2, 0.25) is 0 Å². The van der Waals surface area contributed by atoms with Gasteiger partial charge < -0.3 is 5.73 Å². The van der Waals surface area contributed by atoms with E-state index in [0.29, 0.717) is 0 Å². The van der Waals surface area contributed by atoms with Crippen LogP contribution in [0.15, 0.2) is 30.8 Å². The van der Waals surface area contributed by atoms with E-state index in [0.717, 1.165) is 23.3 Å². The average Bonchev–Trinajstić information content (AvgIpc) is 2.26. The Hall–Kier alpha value is -0.730. The molecule has 82 valence electrons. The van der Waals surface area contributed by atoms with Crippen molar-refractivity contribution in [1.29, 1.82) is 0 Å². The van der Waals surface area contributed by atoms with E-state index in [1.807, 2.05) is 11.8 Å². The molecule has 2 N–H and O–H groups in total. The highest BCUT2D eigenvalue weighted by Crippen LogP contribution is 2.18. The highest BCUT2D eigenvalue weighted by molar-refractivity contribution is 7.98. The largest absolute Gasteiger partial charge is 0.324 e. The normalized spacial score (nSPS) is 12.5. The van der Waals surface area contributed by atoms with E-state index in [2.05, 4.69) is 44.0 Å². The van der Waals surface area contributed by atoms with Gasteiger partial charge in [0.15, 0.2) is 0 Å². The third-order valence-corrected chi connectivity index (χ3v) is 3.15. The van der Waals surface area contributed by atoms with Crippen LogP contribution in [0.1, 0.15) is 17.5 Å². The highest BCUT2D eigenvalue weighted by atomic mass is 32.2. The zero-order valence-corrected chi connectivity index (χ0v) is 10.3. The first kappa shape index (κ1) is 12.3. The molecule has 1 aromatic carbocycles. The van der Waals surface area contributed by atoms with Crippen molar-refractivity contribution in [3.63, 3.8) is 0 Å². The number of nitrogens with two attached hydrogens (primary N) is 1. The molecule has 0 spiro atoms. The summed E-state index contributed by atoms with van der Waals surface area (Å²) in [6.45, 7) is 6.16. The molecule has 0 radical (unpaired) electrons. The van der Waals surface area contributed by atoms with Crippen LogP contribution in [0.4, 0.5) is 0 Å². The van der Waals surface area contributed by atoms with Crippen LogP contribution in [0.3, 0.4) is 0 Å². The maximum atomic E-state index is 6.06. The van der Waals surface area contributed by atoms with Crippen LogP contribution >= 0.6 is 11.8 Å². The summed E-state index contributed by atoms with van der Waals surface area (Å²) in [6, 6.07) is 8.47. The zero-order valence-electron chi connectivity index (χ0n) is 9.49. The second-order valence-electron chi connectivity index (χ2n) is 3.78. The quantitative estimate of drug-likeness (QED) is 0.827. The van der Waals surface area contributed by atoms with E-state index in [1.165, 1.54) is 5.56 Å². The topological polar surface area (TPSA) is 26.0 Å². The maximum absolute atomic E-state index is 6.06. The molecule has 0 saturated carbocycles. The standard InChI is InChI=1S/C13H19NS/c1-10-4-6-12(7-5-10)11(2)13(14)8-9-15-3/h4-7,13H,2,8-9,14H2,1,3H3/t13-/m0/s1. The summed E-state index contributed by atoms with van der Waals surface area (Å²) in [7, 11) is 0. The maximum Gasteiger partial charge on any atom is 0.0302 e. The van der Waals surface area contributed by atoms with Crippen molar-refractivity contribution >= 4 is 17.3 Å². The van der Waals surface area contributed by atoms with E-state index in [4.69, 9.17) is 5.73 Å². The molecule has 0 saturated heterocycles. The predicted octanol–water partition coefficient (Wildman–Crippen LogP) is 3.09. The molecule has 0 unspecified atom stereocenters. The van der Waals surface area contributed by atoms with Gasteiger partial charge in [-0.1, -0.05) is 36.4 Å². The lowest BCUT2D eigenvalue weighted by Gasteiger charge is -2.14. The minimum Gasteiger partial charge on any atom is -0.324 e. The molecular formula is C13H19NS. The molecule has 1 rings (SSSR count). The van der Waals surface area contributed by atoms with E-state index >= 15 is 0 Å². The Labute approximate surface area is 96.8 Å². The van der Waals surface area contributed by atoms with Crippen molar-refractivity contribution < 1.29 is 0 Å². The van der Waals surface area contributed by atoms with E-state index in [1.54, 1.807) is 0 Å². The number of hydrogen-bond acceptors (Lipinski definition) is 2. The molecule has 1 aromatic rings. The summed E-state index contributed by atoms with van der Waals surface area (Å²) in [4.78, 5) is 0. The summed E-state index contributed by atoms with van der Waals surface area (Å²) >= 11 is 1.82. The monoisotopic (exact) mass is 221 g/mol. The molecule has 0 aliphatic carbocycles. The second-order valence-corrected chi connectivity index (χ2v) is 4.76. The number of benzene rings is 1. The fourth-order valence-corrected chi connectivity index (χ4v) is 1.89. The molecule has 0 amide bonds. The molecule has 0 bridgehead atoms. The molecule has 0 fully saturated rings. The van der Waals surface area contributed by atoms with Gasteiger partial charge in [-0.3, -0.25) is 0 Å². The van der Waals surface area contributed by atoms with Gasteiger partial charge in [-0.05, 0) is 36.5 Å². The first-order valence-electron chi connectivity index (χ1n) is 5.15. The number of hydrogen-bond donors (Lipinski definition) is 1.